The van der Waals surface area contributed by atoms with E-state index in [1.807, 2.05) is 11.9 Å². The Morgan fingerprint density at radius 2 is 1.94 bits per heavy atom. The molecule has 1 aliphatic rings. The molecule has 1 heterocycles. The lowest BCUT2D eigenvalue weighted by atomic mass is 10.2. The van der Waals surface area contributed by atoms with Crippen LogP contribution in [0.4, 0.5) is 0 Å². The van der Waals surface area contributed by atoms with E-state index in [4.69, 9.17) is 10.8 Å². The van der Waals surface area contributed by atoms with Gasteiger partial charge < -0.3 is 20.6 Å². The molecule has 0 aliphatic carbocycles. The van der Waals surface area contributed by atoms with Crippen molar-refractivity contribution in [3.05, 3.63) is 0 Å². The third kappa shape index (κ3) is 5.24. The zero-order chi connectivity index (χ0) is 13.5. The molecule has 104 valence electrons. The highest BCUT2D eigenvalue weighted by molar-refractivity contribution is 7.99. The quantitative estimate of drug-likeness (QED) is 0.623. The summed E-state index contributed by atoms with van der Waals surface area (Å²) in [4.78, 5) is 26.4. The van der Waals surface area contributed by atoms with E-state index in [0.29, 0.717) is 17.9 Å². The van der Waals surface area contributed by atoms with Crippen LogP contribution in [0.15, 0.2) is 0 Å². The lowest BCUT2D eigenvalue weighted by Crippen LogP contribution is -2.47. The fraction of sp³-hybridized carbons (Fsp3) is 0.818. The maximum Gasteiger partial charge on any atom is 0.320 e. The second-order valence-electron chi connectivity index (χ2n) is 4.47. The first-order valence-corrected chi connectivity index (χ1v) is 7.18. The lowest BCUT2D eigenvalue weighted by Gasteiger charge is -2.32. The van der Waals surface area contributed by atoms with Crippen molar-refractivity contribution < 1.29 is 14.7 Å². The van der Waals surface area contributed by atoms with E-state index >= 15 is 0 Å². The van der Waals surface area contributed by atoms with Gasteiger partial charge in [0.2, 0.25) is 5.91 Å². The molecular weight excluding hydrogens is 254 g/mol. The van der Waals surface area contributed by atoms with Gasteiger partial charge in [-0.25, -0.2) is 0 Å². The first kappa shape index (κ1) is 15.3. The van der Waals surface area contributed by atoms with E-state index in [0.717, 1.165) is 26.2 Å². The molecule has 0 aromatic rings. The zero-order valence-corrected chi connectivity index (χ0v) is 11.5. The average Bonchev–Trinajstić information content (AvgIpc) is 2.34. The van der Waals surface area contributed by atoms with Gasteiger partial charge in [-0.05, 0) is 19.2 Å². The van der Waals surface area contributed by atoms with Crippen LogP contribution in [0.25, 0.3) is 0 Å². The van der Waals surface area contributed by atoms with Crippen molar-refractivity contribution in [2.45, 2.75) is 12.5 Å². The Balaban J connectivity index is 2.12. The second-order valence-corrected chi connectivity index (χ2v) is 5.58. The highest BCUT2D eigenvalue weighted by Gasteiger charge is 2.19. The number of hydrogen-bond acceptors (Lipinski definition) is 5. The minimum absolute atomic E-state index is 0.136. The molecule has 1 unspecified atom stereocenters. The monoisotopic (exact) mass is 275 g/mol. The van der Waals surface area contributed by atoms with Gasteiger partial charge in [0.05, 0.1) is 5.75 Å². The van der Waals surface area contributed by atoms with Gasteiger partial charge in [0, 0.05) is 26.2 Å². The third-order valence-electron chi connectivity index (χ3n) is 2.97. The summed E-state index contributed by atoms with van der Waals surface area (Å²) >= 11 is 1.45. The molecule has 0 aromatic carbocycles. The first-order chi connectivity index (χ1) is 8.50. The molecule has 1 saturated heterocycles. The SMILES string of the molecule is CN1CCN(C(=O)CSCCC(N)C(=O)O)CC1. The van der Waals surface area contributed by atoms with E-state index in [9.17, 15) is 9.59 Å². The van der Waals surface area contributed by atoms with Crippen LogP contribution in [-0.2, 0) is 9.59 Å². The lowest BCUT2D eigenvalue weighted by molar-refractivity contribution is -0.138. The molecule has 1 amide bonds. The fourth-order valence-corrected chi connectivity index (χ4v) is 2.56. The summed E-state index contributed by atoms with van der Waals surface area (Å²) in [7, 11) is 2.05. The van der Waals surface area contributed by atoms with Crippen molar-refractivity contribution >= 4 is 23.6 Å². The van der Waals surface area contributed by atoms with E-state index in [2.05, 4.69) is 4.90 Å². The molecule has 0 spiro atoms. The Hall–Kier alpha value is -0.790. The topological polar surface area (TPSA) is 86.9 Å². The number of nitrogens with two attached hydrogens (primary N) is 1. The first-order valence-electron chi connectivity index (χ1n) is 6.03. The van der Waals surface area contributed by atoms with E-state index in [1.54, 1.807) is 0 Å². The summed E-state index contributed by atoms with van der Waals surface area (Å²) in [6.45, 7) is 3.40. The molecule has 7 heteroatoms. The van der Waals surface area contributed by atoms with Crippen LogP contribution >= 0.6 is 11.8 Å². The Bertz CT molecular complexity index is 293. The molecule has 0 radical (unpaired) electrons. The molecule has 1 rings (SSSR count). The Morgan fingerprint density at radius 3 is 2.50 bits per heavy atom. The van der Waals surface area contributed by atoms with Crippen molar-refractivity contribution in [3.63, 3.8) is 0 Å². The van der Waals surface area contributed by atoms with Crippen molar-refractivity contribution in [1.29, 1.82) is 0 Å². The number of carboxylic acids is 1. The molecule has 0 saturated carbocycles. The number of aliphatic carboxylic acids is 1. The van der Waals surface area contributed by atoms with Gasteiger partial charge in [-0.1, -0.05) is 0 Å². The van der Waals surface area contributed by atoms with Gasteiger partial charge in [0.15, 0.2) is 0 Å². The minimum atomic E-state index is -0.985. The normalized spacial score (nSPS) is 18.7. The number of rotatable bonds is 6. The van der Waals surface area contributed by atoms with Gasteiger partial charge in [-0.2, -0.15) is 11.8 Å². The van der Waals surface area contributed by atoms with Crippen LogP contribution in [-0.4, -0.2) is 77.6 Å². The molecule has 1 fully saturated rings. The number of likely N-dealkylation sites (N-methyl/N-ethyl adjacent to an activating group) is 1. The Labute approximate surface area is 111 Å². The molecule has 1 aliphatic heterocycles. The zero-order valence-electron chi connectivity index (χ0n) is 10.7. The van der Waals surface area contributed by atoms with E-state index < -0.39 is 12.0 Å². The van der Waals surface area contributed by atoms with Crippen LogP contribution in [0, 0.1) is 0 Å². The predicted molar refractivity (Wildman–Crippen MR) is 71.6 cm³/mol. The van der Waals surface area contributed by atoms with Crippen LogP contribution < -0.4 is 5.73 Å². The molecule has 3 N–H and O–H groups in total. The molecule has 6 nitrogen and oxygen atoms in total. The standard InChI is InChI=1S/C11H21N3O3S/c1-13-3-5-14(6-4-13)10(15)8-18-7-2-9(12)11(16)17/h9H,2-8,12H2,1H3,(H,16,17). The van der Waals surface area contributed by atoms with E-state index in [-0.39, 0.29) is 5.91 Å². The second kappa shape index (κ2) is 7.60. The summed E-state index contributed by atoms with van der Waals surface area (Å²) in [5.74, 6) is 0.168. The van der Waals surface area contributed by atoms with Gasteiger partial charge >= 0.3 is 5.97 Å². The van der Waals surface area contributed by atoms with Crippen LogP contribution in [0.5, 0.6) is 0 Å². The number of carbonyl (C=O) groups is 2. The summed E-state index contributed by atoms with van der Waals surface area (Å²) in [5, 5.41) is 8.61. The maximum absolute atomic E-state index is 11.8. The minimum Gasteiger partial charge on any atom is -0.480 e. The van der Waals surface area contributed by atoms with Crippen LogP contribution in [0.1, 0.15) is 6.42 Å². The average molecular weight is 275 g/mol. The molecular formula is C11H21N3O3S. The van der Waals surface area contributed by atoms with Crippen LogP contribution in [0.3, 0.4) is 0 Å². The largest absolute Gasteiger partial charge is 0.480 e. The molecule has 0 aromatic heterocycles. The third-order valence-corrected chi connectivity index (χ3v) is 3.95. The molecule has 18 heavy (non-hydrogen) atoms. The highest BCUT2D eigenvalue weighted by Crippen LogP contribution is 2.08. The maximum atomic E-state index is 11.8. The summed E-state index contributed by atoms with van der Waals surface area (Å²) in [5.41, 5.74) is 5.38. The van der Waals surface area contributed by atoms with Gasteiger partial charge in [-0.3, -0.25) is 9.59 Å². The smallest absolute Gasteiger partial charge is 0.320 e. The number of nitrogens with zero attached hydrogens (tertiary/aromatic N) is 2. The molecule has 0 bridgehead atoms. The van der Waals surface area contributed by atoms with Crippen molar-refractivity contribution in [3.8, 4) is 0 Å². The van der Waals surface area contributed by atoms with Crippen molar-refractivity contribution in [2.75, 3.05) is 44.7 Å². The number of thioether (sulfide) groups is 1. The Morgan fingerprint density at radius 1 is 1.33 bits per heavy atom. The van der Waals surface area contributed by atoms with Crippen LogP contribution in [0.2, 0.25) is 0 Å². The van der Waals surface area contributed by atoms with Crippen molar-refractivity contribution in [2.24, 2.45) is 5.73 Å². The number of hydrogen-bond donors (Lipinski definition) is 2. The Kier molecular flexibility index (Phi) is 6.45. The number of carboxylic acid groups (broad SMARTS) is 1. The van der Waals surface area contributed by atoms with Crippen molar-refractivity contribution in [1.82, 2.24) is 9.80 Å². The number of amides is 1. The van der Waals surface area contributed by atoms with E-state index in [1.165, 1.54) is 11.8 Å². The van der Waals surface area contributed by atoms with Gasteiger partial charge in [0.1, 0.15) is 6.04 Å². The fourth-order valence-electron chi connectivity index (χ4n) is 1.64. The summed E-state index contributed by atoms with van der Waals surface area (Å²) in [6.07, 6.45) is 0.399. The van der Waals surface area contributed by atoms with Gasteiger partial charge in [-0.15, -0.1) is 0 Å². The predicted octanol–water partition coefficient (Wildman–Crippen LogP) is -0.704. The number of carbonyl (C=O) groups excluding carboxylic acids is 1. The number of piperazine rings is 1. The summed E-state index contributed by atoms with van der Waals surface area (Å²) in [6, 6.07) is -0.823. The highest BCUT2D eigenvalue weighted by atomic mass is 32.2. The summed E-state index contributed by atoms with van der Waals surface area (Å²) < 4.78 is 0. The van der Waals surface area contributed by atoms with Gasteiger partial charge in [0.25, 0.3) is 0 Å². The molecule has 1 atom stereocenters.